The van der Waals surface area contributed by atoms with Crippen molar-refractivity contribution in [2.75, 3.05) is 18.1 Å². The molecule has 0 aromatic heterocycles. The fourth-order valence-corrected chi connectivity index (χ4v) is 0.978. The lowest BCUT2D eigenvalue weighted by molar-refractivity contribution is -0.133. The Hall–Kier alpha value is -0.220. The molecular weight excluding hydrogens is 140 g/mol. The van der Waals surface area contributed by atoms with E-state index in [1.165, 1.54) is 11.8 Å². The summed E-state index contributed by atoms with van der Waals surface area (Å²) in [4.78, 5) is 9.88. The van der Waals surface area contributed by atoms with Crippen LogP contribution in [0.15, 0.2) is 0 Å². The summed E-state index contributed by atoms with van der Waals surface area (Å²) in [5, 5.41) is 16.4. The van der Waals surface area contributed by atoms with Gasteiger partial charge in [0.2, 0.25) is 0 Å². The fraction of sp³-hybridized carbons (Fsp3) is 0.800. The average molecular weight is 150 g/mol. The van der Waals surface area contributed by atoms with Gasteiger partial charge in [-0.3, -0.25) is 4.79 Å². The summed E-state index contributed by atoms with van der Waals surface area (Å²) in [5.74, 6) is 0.0703. The highest BCUT2D eigenvalue weighted by Gasteiger charge is 1.94. The second-order valence-electron chi connectivity index (χ2n) is 1.52. The van der Waals surface area contributed by atoms with E-state index < -0.39 is 5.97 Å². The largest absolute Gasteiger partial charge is 0.481 e. The van der Waals surface area contributed by atoms with Crippen molar-refractivity contribution in [2.45, 2.75) is 6.42 Å². The number of rotatable bonds is 5. The van der Waals surface area contributed by atoms with Gasteiger partial charge in [0.25, 0.3) is 0 Å². The normalized spacial score (nSPS) is 9.44. The maximum absolute atomic E-state index is 9.88. The molecule has 0 bridgehead atoms. The Labute approximate surface area is 58.1 Å². The number of aliphatic carboxylic acids is 1. The second kappa shape index (κ2) is 5.91. The van der Waals surface area contributed by atoms with Crippen molar-refractivity contribution < 1.29 is 15.0 Å². The summed E-state index contributed by atoms with van der Waals surface area (Å²) in [6, 6.07) is 0. The molecule has 0 radical (unpaired) electrons. The van der Waals surface area contributed by atoms with Crippen LogP contribution in [-0.2, 0) is 4.79 Å². The van der Waals surface area contributed by atoms with Crippen molar-refractivity contribution in [3.05, 3.63) is 0 Å². The van der Waals surface area contributed by atoms with E-state index in [2.05, 4.69) is 0 Å². The van der Waals surface area contributed by atoms with Crippen LogP contribution < -0.4 is 0 Å². The van der Waals surface area contributed by atoms with Gasteiger partial charge < -0.3 is 10.2 Å². The predicted molar refractivity (Wildman–Crippen MR) is 36.7 cm³/mol. The smallest absolute Gasteiger partial charge is 0.313 e. The van der Waals surface area contributed by atoms with E-state index in [-0.39, 0.29) is 12.4 Å². The molecule has 0 aliphatic rings. The number of thioether (sulfide) groups is 1. The van der Waals surface area contributed by atoms with Gasteiger partial charge in [0, 0.05) is 6.61 Å². The van der Waals surface area contributed by atoms with E-state index in [9.17, 15) is 4.79 Å². The Morgan fingerprint density at radius 1 is 1.56 bits per heavy atom. The zero-order valence-electron chi connectivity index (χ0n) is 5.04. The third-order valence-corrected chi connectivity index (χ3v) is 1.70. The number of carboxylic acids is 1. The summed E-state index contributed by atoms with van der Waals surface area (Å²) in [5.41, 5.74) is 0. The van der Waals surface area contributed by atoms with Crippen LogP contribution in [0.1, 0.15) is 6.42 Å². The van der Waals surface area contributed by atoms with Gasteiger partial charge >= 0.3 is 5.97 Å². The van der Waals surface area contributed by atoms with Crippen LogP contribution >= 0.6 is 11.8 Å². The van der Waals surface area contributed by atoms with Crippen LogP contribution in [0.3, 0.4) is 0 Å². The van der Waals surface area contributed by atoms with Gasteiger partial charge in [0.05, 0.1) is 5.75 Å². The monoisotopic (exact) mass is 150 g/mol. The number of hydrogen-bond acceptors (Lipinski definition) is 3. The molecule has 0 aliphatic carbocycles. The second-order valence-corrected chi connectivity index (χ2v) is 2.63. The van der Waals surface area contributed by atoms with Gasteiger partial charge in [-0.25, -0.2) is 0 Å². The number of hydrogen-bond donors (Lipinski definition) is 2. The molecule has 54 valence electrons. The van der Waals surface area contributed by atoms with E-state index in [0.29, 0.717) is 6.42 Å². The first-order valence-electron chi connectivity index (χ1n) is 2.67. The zero-order chi connectivity index (χ0) is 7.11. The molecular formula is C5H10O3S. The van der Waals surface area contributed by atoms with Crippen molar-refractivity contribution in [1.29, 1.82) is 0 Å². The summed E-state index contributed by atoms with van der Waals surface area (Å²) in [7, 11) is 0. The summed E-state index contributed by atoms with van der Waals surface area (Å²) < 4.78 is 0. The van der Waals surface area contributed by atoms with Crippen molar-refractivity contribution in [3.63, 3.8) is 0 Å². The lowest BCUT2D eigenvalue weighted by Crippen LogP contribution is -1.99. The van der Waals surface area contributed by atoms with E-state index in [0.717, 1.165) is 5.75 Å². The van der Waals surface area contributed by atoms with Crippen molar-refractivity contribution in [1.82, 2.24) is 0 Å². The van der Waals surface area contributed by atoms with E-state index in [1.54, 1.807) is 0 Å². The standard InChI is InChI=1S/C5H10O3S/c6-2-1-3-9-4-5(7)8/h6H,1-4H2,(H,7,8). The van der Waals surface area contributed by atoms with E-state index >= 15 is 0 Å². The highest BCUT2D eigenvalue weighted by Crippen LogP contribution is 2.00. The maximum atomic E-state index is 9.88. The van der Waals surface area contributed by atoms with Gasteiger partial charge in [0.1, 0.15) is 0 Å². The molecule has 0 heterocycles. The molecule has 0 amide bonds. The lowest BCUT2D eigenvalue weighted by atomic mass is 10.5. The first-order chi connectivity index (χ1) is 4.27. The number of carboxylic acid groups (broad SMARTS) is 1. The van der Waals surface area contributed by atoms with E-state index in [1.807, 2.05) is 0 Å². The van der Waals surface area contributed by atoms with Gasteiger partial charge in [-0.1, -0.05) is 0 Å². The summed E-state index contributed by atoms with van der Waals surface area (Å²) in [6.45, 7) is 0.145. The molecule has 0 aliphatic heterocycles. The highest BCUT2D eigenvalue weighted by atomic mass is 32.2. The minimum absolute atomic E-state index is 0.139. The Bertz CT molecular complexity index is 84.3. The lowest BCUT2D eigenvalue weighted by Gasteiger charge is -1.92. The quantitative estimate of drug-likeness (QED) is 0.549. The molecule has 0 atom stereocenters. The average Bonchev–Trinajstić information content (AvgIpc) is 1.80. The topological polar surface area (TPSA) is 57.5 Å². The van der Waals surface area contributed by atoms with Gasteiger partial charge in [-0.05, 0) is 12.2 Å². The summed E-state index contributed by atoms with van der Waals surface area (Å²) >= 11 is 1.33. The van der Waals surface area contributed by atoms with Gasteiger partial charge in [-0.15, -0.1) is 0 Å². The molecule has 0 aromatic rings. The van der Waals surface area contributed by atoms with Crippen molar-refractivity contribution >= 4 is 17.7 Å². The first kappa shape index (κ1) is 8.78. The number of carbonyl (C=O) groups is 1. The van der Waals surface area contributed by atoms with Crippen LogP contribution in [0, 0.1) is 0 Å². The molecule has 0 rings (SSSR count). The van der Waals surface area contributed by atoms with Crippen LogP contribution in [0.5, 0.6) is 0 Å². The SMILES string of the molecule is O=C(O)CSCCCO. The molecule has 9 heavy (non-hydrogen) atoms. The Balaban J connectivity index is 2.83. The molecule has 0 saturated heterocycles. The van der Waals surface area contributed by atoms with Crippen LogP contribution in [0.25, 0.3) is 0 Å². The maximum Gasteiger partial charge on any atom is 0.313 e. The Kier molecular flexibility index (Phi) is 5.76. The van der Waals surface area contributed by atoms with Crippen molar-refractivity contribution in [2.24, 2.45) is 0 Å². The third-order valence-electron chi connectivity index (χ3n) is 0.672. The number of aliphatic hydroxyl groups is 1. The van der Waals surface area contributed by atoms with Gasteiger partial charge in [-0.2, -0.15) is 11.8 Å². The Morgan fingerprint density at radius 3 is 2.67 bits per heavy atom. The molecule has 0 fully saturated rings. The van der Waals surface area contributed by atoms with Crippen LogP contribution in [0.2, 0.25) is 0 Å². The molecule has 3 nitrogen and oxygen atoms in total. The molecule has 0 spiro atoms. The fourth-order valence-electron chi connectivity index (χ4n) is 0.326. The first-order valence-corrected chi connectivity index (χ1v) is 3.83. The summed E-state index contributed by atoms with van der Waals surface area (Å²) in [6.07, 6.45) is 0.679. The zero-order valence-corrected chi connectivity index (χ0v) is 5.86. The molecule has 0 unspecified atom stereocenters. The molecule has 0 aromatic carbocycles. The number of aliphatic hydroxyl groups excluding tert-OH is 1. The Morgan fingerprint density at radius 2 is 2.22 bits per heavy atom. The minimum atomic E-state index is -0.794. The third kappa shape index (κ3) is 7.78. The highest BCUT2D eigenvalue weighted by molar-refractivity contribution is 7.99. The molecule has 0 saturated carbocycles. The molecule has 4 heteroatoms. The molecule has 2 N–H and O–H groups in total. The van der Waals surface area contributed by atoms with Crippen molar-refractivity contribution in [3.8, 4) is 0 Å². The predicted octanol–water partition coefficient (Wildman–Crippen LogP) is 0.187. The van der Waals surface area contributed by atoms with E-state index in [4.69, 9.17) is 10.2 Å². The minimum Gasteiger partial charge on any atom is -0.481 e. The van der Waals surface area contributed by atoms with Crippen LogP contribution in [0.4, 0.5) is 0 Å². The van der Waals surface area contributed by atoms with Crippen LogP contribution in [-0.4, -0.2) is 34.3 Å². The van der Waals surface area contributed by atoms with Gasteiger partial charge in [0.15, 0.2) is 0 Å².